The molecule has 0 amide bonds. The van der Waals surface area contributed by atoms with Gasteiger partial charge in [-0.15, -0.1) is 0 Å². The van der Waals surface area contributed by atoms with Crippen molar-refractivity contribution in [2.24, 2.45) is 0 Å². The zero-order valence-electron chi connectivity index (χ0n) is 21.6. The predicted molar refractivity (Wildman–Crippen MR) is 142 cm³/mol. The fraction of sp³-hybridized carbons (Fsp3) is 0.429. The van der Waals surface area contributed by atoms with E-state index in [-0.39, 0.29) is 51.2 Å². The molecule has 9 heteroatoms. The average molecular weight is 533 g/mol. The molecule has 3 aromatic carbocycles. The maximum Gasteiger partial charge on any atom is 0.305 e. The Morgan fingerprint density at radius 2 is 1.16 bits per heavy atom. The Morgan fingerprint density at radius 1 is 0.703 bits per heavy atom. The van der Waals surface area contributed by atoms with Gasteiger partial charge >= 0.3 is 11.9 Å². The monoisotopic (exact) mass is 532 g/mol. The largest absolute Gasteiger partial charge is 0.488 e. The van der Waals surface area contributed by atoms with E-state index in [1.807, 2.05) is 30.3 Å². The van der Waals surface area contributed by atoms with Crippen LogP contribution >= 0.6 is 11.6 Å². The first-order valence-corrected chi connectivity index (χ1v) is 12.6. The number of fused-ring (bicyclic) bond motifs is 2. The van der Waals surface area contributed by atoms with Crippen molar-refractivity contribution in [3.8, 4) is 11.5 Å². The van der Waals surface area contributed by atoms with E-state index in [9.17, 15) is 9.59 Å². The maximum atomic E-state index is 11.9. The fourth-order valence-electron chi connectivity index (χ4n) is 3.88. The van der Waals surface area contributed by atoms with E-state index < -0.39 is 12.2 Å². The quantitative estimate of drug-likeness (QED) is 0.203. The lowest BCUT2D eigenvalue weighted by molar-refractivity contribution is -0.153. The van der Waals surface area contributed by atoms with E-state index in [1.54, 1.807) is 33.1 Å². The molecule has 0 N–H and O–H groups in total. The van der Waals surface area contributed by atoms with Crippen LogP contribution in [-0.2, 0) is 28.5 Å². The molecule has 8 nitrogen and oxygen atoms in total. The van der Waals surface area contributed by atoms with Crippen molar-refractivity contribution in [3.05, 3.63) is 47.5 Å². The van der Waals surface area contributed by atoms with Crippen molar-refractivity contribution in [2.45, 2.75) is 38.9 Å². The third-order valence-electron chi connectivity index (χ3n) is 5.59. The zero-order valence-corrected chi connectivity index (χ0v) is 22.3. The molecule has 0 saturated carbocycles. The molecule has 0 saturated heterocycles. The van der Waals surface area contributed by atoms with Gasteiger partial charge in [-0.25, -0.2) is 0 Å². The summed E-state index contributed by atoms with van der Waals surface area (Å²) in [4.78, 5) is 23.7. The number of hydrogen-bond acceptors (Lipinski definition) is 8. The van der Waals surface area contributed by atoms with Gasteiger partial charge in [-0.1, -0.05) is 49.7 Å². The first-order valence-electron chi connectivity index (χ1n) is 12.2. The van der Waals surface area contributed by atoms with Gasteiger partial charge in [0, 0.05) is 53.6 Å². The van der Waals surface area contributed by atoms with Crippen molar-refractivity contribution >= 4 is 45.1 Å². The van der Waals surface area contributed by atoms with E-state index in [1.165, 1.54) is 7.11 Å². The van der Waals surface area contributed by atoms with Crippen LogP contribution in [0, 0.1) is 0 Å². The van der Waals surface area contributed by atoms with Gasteiger partial charge in [0.05, 0.1) is 13.2 Å². The normalized spacial score (nSPS) is 12.8. The number of halogens is 1. The Balaban J connectivity index is 2.02. The highest BCUT2D eigenvalue weighted by molar-refractivity contribution is 6.31. The SMILES string of the molecule is CCC(=O)OC(COC)COc1c2ccccc2c(OCC(COC)OC(=O)CC)c2cc(Cl)ccc12. The highest BCUT2D eigenvalue weighted by Gasteiger charge is 2.21. The minimum absolute atomic E-state index is 0.0915. The summed E-state index contributed by atoms with van der Waals surface area (Å²) in [6.07, 6.45) is -0.637. The summed E-state index contributed by atoms with van der Waals surface area (Å²) in [7, 11) is 3.08. The molecule has 0 spiro atoms. The molecule has 37 heavy (non-hydrogen) atoms. The van der Waals surface area contributed by atoms with E-state index in [0.717, 1.165) is 21.5 Å². The van der Waals surface area contributed by atoms with Crippen LogP contribution in [0.3, 0.4) is 0 Å². The summed E-state index contributed by atoms with van der Waals surface area (Å²) in [5, 5.41) is 3.62. The van der Waals surface area contributed by atoms with Crippen LogP contribution in [-0.4, -0.2) is 64.8 Å². The highest BCUT2D eigenvalue weighted by atomic mass is 35.5. The summed E-state index contributed by atoms with van der Waals surface area (Å²) in [5.41, 5.74) is 0. The van der Waals surface area contributed by atoms with E-state index in [2.05, 4.69) is 0 Å². The molecular weight excluding hydrogens is 500 g/mol. The number of carbonyl (C=O) groups excluding carboxylic acids is 2. The molecular formula is C28H33ClO8. The second-order valence-electron chi connectivity index (χ2n) is 8.36. The second kappa shape index (κ2) is 14.0. The minimum atomic E-state index is -0.579. The second-order valence-corrected chi connectivity index (χ2v) is 8.79. The first kappa shape index (κ1) is 28.5. The maximum absolute atomic E-state index is 11.9. The number of methoxy groups -OCH3 is 2. The standard InChI is InChI=1S/C28H33ClO8/c1-5-25(30)36-19(14-32-3)16-34-27-21-9-7-8-10-22(21)28(24-13-18(29)11-12-23(24)27)35-17-20(15-33-4)37-26(31)6-2/h7-13,19-20H,5-6,14-17H2,1-4H3. The first-order chi connectivity index (χ1) is 17.9. The van der Waals surface area contributed by atoms with E-state index in [4.69, 9.17) is 40.0 Å². The number of carbonyl (C=O) groups is 2. The van der Waals surface area contributed by atoms with Crippen LogP contribution < -0.4 is 9.47 Å². The summed E-state index contributed by atoms with van der Waals surface area (Å²) < 4.78 is 33.9. The highest BCUT2D eigenvalue weighted by Crippen LogP contribution is 2.43. The molecule has 0 bridgehead atoms. The van der Waals surface area contributed by atoms with E-state index in [0.29, 0.717) is 16.5 Å². The van der Waals surface area contributed by atoms with Gasteiger partial charge in [-0.3, -0.25) is 9.59 Å². The van der Waals surface area contributed by atoms with Crippen molar-refractivity contribution in [3.63, 3.8) is 0 Å². The zero-order chi connectivity index (χ0) is 26.8. The van der Waals surface area contributed by atoms with Crippen LogP contribution in [0.1, 0.15) is 26.7 Å². The predicted octanol–water partition coefficient (Wildman–Crippen LogP) is 5.34. The number of esters is 2. The third kappa shape index (κ3) is 7.47. The van der Waals surface area contributed by atoms with Gasteiger partial charge in [0.2, 0.25) is 0 Å². The van der Waals surface area contributed by atoms with E-state index >= 15 is 0 Å². The molecule has 2 unspecified atom stereocenters. The van der Waals surface area contributed by atoms with Crippen molar-refractivity contribution in [2.75, 3.05) is 40.6 Å². The molecule has 200 valence electrons. The molecule has 3 rings (SSSR count). The van der Waals surface area contributed by atoms with Gasteiger partial charge < -0.3 is 28.4 Å². The summed E-state index contributed by atoms with van der Waals surface area (Å²) in [5.74, 6) is 0.529. The molecule has 0 aliphatic rings. The lowest BCUT2D eigenvalue weighted by atomic mass is 10.0. The Labute approximate surface area is 221 Å². The molecule has 0 radical (unpaired) electrons. The van der Waals surface area contributed by atoms with Crippen molar-refractivity contribution in [1.82, 2.24) is 0 Å². The molecule has 2 atom stereocenters. The molecule has 0 aliphatic carbocycles. The molecule has 0 aromatic heterocycles. The van der Waals surface area contributed by atoms with Crippen LogP contribution in [0.2, 0.25) is 5.02 Å². The van der Waals surface area contributed by atoms with Crippen LogP contribution in [0.4, 0.5) is 0 Å². The Hall–Kier alpha value is -3.07. The lowest BCUT2D eigenvalue weighted by Crippen LogP contribution is -2.29. The average Bonchev–Trinajstić information content (AvgIpc) is 2.90. The van der Waals surface area contributed by atoms with Crippen molar-refractivity contribution < 1.29 is 38.0 Å². The minimum Gasteiger partial charge on any atom is -0.488 e. The molecule has 0 heterocycles. The van der Waals surface area contributed by atoms with Crippen LogP contribution in [0.25, 0.3) is 21.5 Å². The summed E-state index contributed by atoms with van der Waals surface area (Å²) >= 11 is 6.38. The van der Waals surface area contributed by atoms with Gasteiger partial charge in [-0.05, 0) is 18.2 Å². The summed E-state index contributed by atoms with van der Waals surface area (Å²) in [6, 6.07) is 13.1. The van der Waals surface area contributed by atoms with Gasteiger partial charge in [0.15, 0.2) is 12.2 Å². The topological polar surface area (TPSA) is 89.5 Å². The van der Waals surface area contributed by atoms with Crippen molar-refractivity contribution in [1.29, 1.82) is 0 Å². The Kier molecular flexibility index (Phi) is 10.8. The van der Waals surface area contributed by atoms with Gasteiger partial charge in [0.25, 0.3) is 0 Å². The number of hydrogen-bond donors (Lipinski definition) is 0. The summed E-state index contributed by atoms with van der Waals surface area (Å²) in [6.45, 7) is 4.05. The smallest absolute Gasteiger partial charge is 0.305 e. The molecule has 0 fully saturated rings. The fourth-order valence-corrected chi connectivity index (χ4v) is 4.05. The Bertz CT molecular complexity index is 1210. The van der Waals surface area contributed by atoms with Crippen LogP contribution in [0.15, 0.2) is 42.5 Å². The Morgan fingerprint density at radius 3 is 1.62 bits per heavy atom. The lowest BCUT2D eigenvalue weighted by Gasteiger charge is -2.22. The van der Waals surface area contributed by atoms with Crippen LogP contribution in [0.5, 0.6) is 11.5 Å². The third-order valence-corrected chi connectivity index (χ3v) is 5.83. The molecule has 3 aromatic rings. The van der Waals surface area contributed by atoms with Gasteiger partial charge in [0.1, 0.15) is 24.7 Å². The number of rotatable bonds is 14. The number of benzene rings is 3. The van der Waals surface area contributed by atoms with Gasteiger partial charge in [-0.2, -0.15) is 0 Å². The number of ether oxygens (including phenoxy) is 6. The molecule has 0 aliphatic heterocycles.